The number of para-hydroxylation sites is 1. The van der Waals surface area contributed by atoms with Gasteiger partial charge in [-0.2, -0.15) is 21.6 Å². The molecular formula is C10H6ClF3N2O3S. The maximum atomic E-state index is 12.2. The Bertz CT molecular complexity index is 713. The van der Waals surface area contributed by atoms with Crippen LogP contribution in [-0.4, -0.2) is 23.7 Å². The van der Waals surface area contributed by atoms with Gasteiger partial charge in [0.15, 0.2) is 0 Å². The minimum absolute atomic E-state index is 0.360. The first-order valence-corrected chi connectivity index (χ1v) is 6.81. The van der Waals surface area contributed by atoms with Crippen LogP contribution in [0.25, 0.3) is 5.69 Å². The zero-order valence-electron chi connectivity index (χ0n) is 9.50. The predicted molar refractivity (Wildman–Crippen MR) is 64.2 cm³/mol. The highest BCUT2D eigenvalue weighted by atomic mass is 35.5. The number of benzene rings is 1. The molecule has 0 atom stereocenters. The quantitative estimate of drug-likeness (QED) is 0.643. The Morgan fingerprint density at radius 1 is 1.20 bits per heavy atom. The smallest absolute Gasteiger partial charge is 0.352 e. The fraction of sp³-hybridized carbons (Fsp3) is 0.100. The van der Waals surface area contributed by atoms with Gasteiger partial charge in [0.1, 0.15) is 5.02 Å². The van der Waals surface area contributed by atoms with Crippen LogP contribution in [0.5, 0.6) is 5.88 Å². The monoisotopic (exact) mass is 326 g/mol. The van der Waals surface area contributed by atoms with Gasteiger partial charge in [-0.25, -0.2) is 4.68 Å². The standard InChI is InChI=1S/C10H6ClF3N2O3S/c11-8-6-16(7-4-2-1-3-5-7)15-9(8)19-20(17,18)10(12,13)14/h1-6H. The summed E-state index contributed by atoms with van der Waals surface area (Å²) in [7, 11) is -5.80. The zero-order chi connectivity index (χ0) is 15.0. The molecule has 108 valence electrons. The van der Waals surface area contributed by atoms with E-state index in [2.05, 4.69) is 9.28 Å². The number of hydrogen-bond acceptors (Lipinski definition) is 4. The largest absolute Gasteiger partial charge is 0.534 e. The van der Waals surface area contributed by atoms with Gasteiger partial charge in [0.2, 0.25) is 0 Å². The van der Waals surface area contributed by atoms with Gasteiger partial charge in [-0.1, -0.05) is 29.8 Å². The molecule has 0 fully saturated rings. The molecule has 20 heavy (non-hydrogen) atoms. The van der Waals surface area contributed by atoms with Gasteiger partial charge in [-0.15, -0.1) is 5.10 Å². The number of hydrogen-bond donors (Lipinski definition) is 0. The van der Waals surface area contributed by atoms with E-state index in [9.17, 15) is 21.6 Å². The Hall–Kier alpha value is -1.74. The average Bonchev–Trinajstić information content (AvgIpc) is 2.70. The highest BCUT2D eigenvalue weighted by Crippen LogP contribution is 2.30. The van der Waals surface area contributed by atoms with E-state index in [0.717, 1.165) is 10.9 Å². The van der Waals surface area contributed by atoms with Crippen LogP contribution in [0.4, 0.5) is 13.2 Å². The van der Waals surface area contributed by atoms with Crippen molar-refractivity contribution < 1.29 is 25.8 Å². The normalized spacial score (nSPS) is 12.4. The Kier molecular flexibility index (Phi) is 3.65. The lowest BCUT2D eigenvalue weighted by Gasteiger charge is -2.07. The third-order valence-electron chi connectivity index (χ3n) is 2.13. The average molecular weight is 327 g/mol. The van der Waals surface area contributed by atoms with Crippen molar-refractivity contribution in [3.8, 4) is 11.6 Å². The molecular weight excluding hydrogens is 321 g/mol. The molecule has 0 saturated heterocycles. The van der Waals surface area contributed by atoms with Gasteiger partial charge in [0, 0.05) is 0 Å². The van der Waals surface area contributed by atoms with Gasteiger partial charge in [0.25, 0.3) is 5.88 Å². The number of alkyl halides is 3. The summed E-state index contributed by atoms with van der Waals surface area (Å²) in [6.45, 7) is 0. The summed E-state index contributed by atoms with van der Waals surface area (Å²) in [5.41, 5.74) is -5.07. The van der Waals surface area contributed by atoms with Gasteiger partial charge in [-0.05, 0) is 12.1 Å². The van der Waals surface area contributed by atoms with Gasteiger partial charge < -0.3 is 4.18 Å². The lowest BCUT2D eigenvalue weighted by atomic mass is 10.3. The summed E-state index contributed by atoms with van der Waals surface area (Å²) in [5, 5.41) is 3.20. The van der Waals surface area contributed by atoms with E-state index in [4.69, 9.17) is 11.6 Å². The van der Waals surface area contributed by atoms with Crippen LogP contribution in [0.15, 0.2) is 36.5 Å². The minimum atomic E-state index is -5.80. The Balaban J connectivity index is 2.35. The molecule has 0 radical (unpaired) electrons. The summed E-state index contributed by atoms with van der Waals surface area (Å²) < 4.78 is 63.3. The van der Waals surface area contributed by atoms with Crippen molar-refractivity contribution in [2.45, 2.75) is 5.51 Å². The van der Waals surface area contributed by atoms with E-state index < -0.39 is 21.5 Å². The van der Waals surface area contributed by atoms with E-state index in [1.807, 2.05) is 0 Å². The van der Waals surface area contributed by atoms with Crippen LogP contribution in [0.3, 0.4) is 0 Å². The summed E-state index contributed by atoms with van der Waals surface area (Å²) in [4.78, 5) is 0. The molecule has 0 N–H and O–H groups in total. The lowest BCUT2D eigenvalue weighted by Crippen LogP contribution is -2.28. The number of aromatic nitrogens is 2. The molecule has 0 bridgehead atoms. The second-order valence-corrected chi connectivity index (χ2v) is 5.49. The molecule has 2 rings (SSSR count). The zero-order valence-corrected chi connectivity index (χ0v) is 11.1. The Morgan fingerprint density at radius 2 is 1.80 bits per heavy atom. The fourth-order valence-corrected chi connectivity index (χ4v) is 1.90. The van der Waals surface area contributed by atoms with Crippen LogP contribution in [-0.2, 0) is 10.1 Å². The molecule has 10 heteroatoms. The van der Waals surface area contributed by atoms with E-state index in [0.29, 0.717) is 5.69 Å². The third kappa shape index (κ3) is 2.88. The van der Waals surface area contributed by atoms with Crippen LogP contribution < -0.4 is 4.18 Å². The van der Waals surface area contributed by atoms with E-state index in [-0.39, 0.29) is 5.02 Å². The number of nitrogens with zero attached hydrogens (tertiary/aromatic N) is 2. The highest BCUT2D eigenvalue weighted by Gasteiger charge is 2.49. The van der Waals surface area contributed by atoms with Crippen LogP contribution >= 0.6 is 11.6 Å². The number of rotatable bonds is 3. The van der Waals surface area contributed by atoms with Crippen LogP contribution in [0.1, 0.15) is 0 Å². The molecule has 0 unspecified atom stereocenters. The van der Waals surface area contributed by atoms with Crippen molar-refractivity contribution in [3.63, 3.8) is 0 Å². The van der Waals surface area contributed by atoms with E-state index >= 15 is 0 Å². The van der Waals surface area contributed by atoms with E-state index in [1.54, 1.807) is 30.3 Å². The lowest BCUT2D eigenvalue weighted by molar-refractivity contribution is -0.0501. The third-order valence-corrected chi connectivity index (χ3v) is 3.33. The van der Waals surface area contributed by atoms with E-state index in [1.165, 1.54) is 0 Å². The topological polar surface area (TPSA) is 61.2 Å². The summed E-state index contributed by atoms with van der Waals surface area (Å²) in [6.07, 6.45) is 1.14. The second kappa shape index (κ2) is 4.98. The summed E-state index contributed by atoms with van der Waals surface area (Å²) >= 11 is 5.61. The predicted octanol–water partition coefficient (Wildman–Crippen LogP) is 2.75. The second-order valence-electron chi connectivity index (χ2n) is 3.55. The van der Waals surface area contributed by atoms with Crippen molar-refractivity contribution in [1.82, 2.24) is 9.78 Å². The van der Waals surface area contributed by atoms with Crippen molar-refractivity contribution >= 4 is 21.7 Å². The molecule has 0 spiro atoms. The molecule has 5 nitrogen and oxygen atoms in total. The Morgan fingerprint density at radius 3 is 2.35 bits per heavy atom. The molecule has 0 amide bonds. The Labute approximate surface area is 116 Å². The molecule has 1 aromatic carbocycles. The van der Waals surface area contributed by atoms with Crippen molar-refractivity contribution in [3.05, 3.63) is 41.6 Å². The maximum Gasteiger partial charge on any atom is 0.534 e. The molecule has 0 saturated carbocycles. The minimum Gasteiger partial charge on any atom is -0.352 e. The van der Waals surface area contributed by atoms with Crippen molar-refractivity contribution in [2.24, 2.45) is 0 Å². The first-order valence-electron chi connectivity index (χ1n) is 5.02. The maximum absolute atomic E-state index is 12.2. The van der Waals surface area contributed by atoms with Gasteiger partial charge >= 0.3 is 15.6 Å². The molecule has 0 aliphatic heterocycles. The van der Waals surface area contributed by atoms with Crippen LogP contribution in [0.2, 0.25) is 5.02 Å². The molecule has 1 aromatic heterocycles. The highest BCUT2D eigenvalue weighted by molar-refractivity contribution is 7.88. The number of halogens is 4. The molecule has 0 aliphatic carbocycles. The fourth-order valence-electron chi connectivity index (χ4n) is 1.26. The first kappa shape index (κ1) is 14.7. The van der Waals surface area contributed by atoms with Gasteiger partial charge in [-0.3, -0.25) is 0 Å². The molecule has 2 aromatic rings. The molecule has 0 aliphatic rings. The first-order chi connectivity index (χ1) is 9.21. The van der Waals surface area contributed by atoms with Crippen molar-refractivity contribution in [1.29, 1.82) is 0 Å². The summed E-state index contributed by atoms with van der Waals surface area (Å²) in [5.74, 6) is -0.840. The molecule has 1 heterocycles. The summed E-state index contributed by atoms with van der Waals surface area (Å²) in [6, 6.07) is 8.26. The SMILES string of the molecule is O=S(=O)(Oc1nn(-c2ccccc2)cc1Cl)C(F)(F)F. The van der Waals surface area contributed by atoms with Crippen LogP contribution in [0, 0.1) is 0 Å². The van der Waals surface area contributed by atoms with Gasteiger partial charge in [0.05, 0.1) is 11.9 Å². The van der Waals surface area contributed by atoms with Crippen molar-refractivity contribution in [2.75, 3.05) is 0 Å².